The van der Waals surface area contributed by atoms with Crippen LogP contribution in [0.3, 0.4) is 0 Å². The lowest BCUT2D eigenvalue weighted by molar-refractivity contribution is -0.144. The molecule has 0 amide bonds. The SMILES string of the molecule is CCCCCCCCCCCCOCCOCCCC(=O)OCCCCCCCC(C)C. The molecule has 4 heteroatoms. The van der Waals surface area contributed by atoms with Gasteiger partial charge in [0.25, 0.3) is 0 Å². The lowest BCUT2D eigenvalue weighted by Crippen LogP contribution is -2.09. The van der Waals surface area contributed by atoms with Crippen LogP contribution in [0.15, 0.2) is 0 Å². The van der Waals surface area contributed by atoms with Crippen LogP contribution in [0.4, 0.5) is 0 Å². The van der Waals surface area contributed by atoms with E-state index in [2.05, 4.69) is 20.8 Å². The maximum atomic E-state index is 11.7. The first-order valence-corrected chi connectivity index (χ1v) is 14.0. The highest BCUT2D eigenvalue weighted by molar-refractivity contribution is 5.69. The van der Waals surface area contributed by atoms with E-state index in [1.54, 1.807) is 0 Å². The smallest absolute Gasteiger partial charge is 0.305 e. The summed E-state index contributed by atoms with van der Waals surface area (Å²) in [4.78, 5) is 11.7. The first-order chi connectivity index (χ1) is 15.7. The largest absolute Gasteiger partial charge is 0.466 e. The molecule has 32 heavy (non-hydrogen) atoms. The molecule has 0 aliphatic carbocycles. The predicted octanol–water partition coefficient (Wildman–Crippen LogP) is 8.26. The van der Waals surface area contributed by atoms with Crippen molar-refractivity contribution in [2.24, 2.45) is 5.92 Å². The van der Waals surface area contributed by atoms with Crippen molar-refractivity contribution in [2.75, 3.05) is 33.0 Å². The van der Waals surface area contributed by atoms with Gasteiger partial charge in [-0.05, 0) is 25.2 Å². The molecule has 0 N–H and O–H groups in total. The van der Waals surface area contributed by atoms with Crippen molar-refractivity contribution in [1.82, 2.24) is 0 Å². The highest BCUT2D eigenvalue weighted by Crippen LogP contribution is 2.11. The van der Waals surface area contributed by atoms with Crippen LogP contribution in [-0.2, 0) is 19.0 Å². The Balaban J connectivity index is 3.14. The van der Waals surface area contributed by atoms with Gasteiger partial charge in [-0.25, -0.2) is 0 Å². The molecule has 0 unspecified atom stereocenters. The van der Waals surface area contributed by atoms with E-state index in [-0.39, 0.29) is 5.97 Å². The zero-order valence-electron chi connectivity index (χ0n) is 22.0. The summed E-state index contributed by atoms with van der Waals surface area (Å²) < 4.78 is 16.5. The number of unbranched alkanes of at least 4 members (excludes halogenated alkanes) is 13. The highest BCUT2D eigenvalue weighted by Gasteiger charge is 2.03. The van der Waals surface area contributed by atoms with Crippen molar-refractivity contribution in [2.45, 2.75) is 136 Å². The summed E-state index contributed by atoms with van der Waals surface area (Å²) in [7, 11) is 0. The fraction of sp³-hybridized carbons (Fsp3) is 0.964. The van der Waals surface area contributed by atoms with Crippen LogP contribution in [-0.4, -0.2) is 39.0 Å². The Morgan fingerprint density at radius 2 is 1.03 bits per heavy atom. The molecule has 0 atom stereocenters. The van der Waals surface area contributed by atoms with Crippen LogP contribution in [0.5, 0.6) is 0 Å². The van der Waals surface area contributed by atoms with E-state index < -0.39 is 0 Å². The van der Waals surface area contributed by atoms with Gasteiger partial charge in [0.2, 0.25) is 0 Å². The molecule has 0 saturated carbocycles. The van der Waals surface area contributed by atoms with E-state index >= 15 is 0 Å². The monoisotopic (exact) mass is 456 g/mol. The van der Waals surface area contributed by atoms with Crippen LogP contribution in [0.1, 0.15) is 136 Å². The second-order valence-corrected chi connectivity index (χ2v) is 9.68. The lowest BCUT2D eigenvalue weighted by Gasteiger charge is -2.07. The van der Waals surface area contributed by atoms with Crippen LogP contribution in [0.2, 0.25) is 0 Å². The topological polar surface area (TPSA) is 44.8 Å². The van der Waals surface area contributed by atoms with E-state index in [1.807, 2.05) is 0 Å². The Morgan fingerprint density at radius 3 is 1.59 bits per heavy atom. The maximum absolute atomic E-state index is 11.7. The number of hydrogen-bond acceptors (Lipinski definition) is 4. The summed E-state index contributed by atoms with van der Waals surface area (Å²) in [5.41, 5.74) is 0. The molecule has 0 aromatic carbocycles. The van der Waals surface area contributed by atoms with Gasteiger partial charge in [-0.2, -0.15) is 0 Å². The Hall–Kier alpha value is -0.610. The number of carbonyl (C=O) groups is 1. The minimum Gasteiger partial charge on any atom is -0.466 e. The molecule has 0 fully saturated rings. The van der Waals surface area contributed by atoms with E-state index in [0.717, 1.165) is 38.2 Å². The van der Waals surface area contributed by atoms with E-state index in [1.165, 1.54) is 83.5 Å². The Labute approximate surface area is 200 Å². The zero-order chi connectivity index (χ0) is 23.5. The van der Waals surface area contributed by atoms with Crippen molar-refractivity contribution in [3.8, 4) is 0 Å². The number of rotatable bonds is 26. The molecule has 0 aliphatic heterocycles. The second-order valence-electron chi connectivity index (χ2n) is 9.68. The third-order valence-corrected chi connectivity index (χ3v) is 5.87. The third kappa shape index (κ3) is 27.4. The lowest BCUT2D eigenvalue weighted by atomic mass is 10.0. The summed E-state index contributed by atoms with van der Waals surface area (Å²) in [6.07, 6.45) is 22.0. The van der Waals surface area contributed by atoms with Crippen LogP contribution >= 0.6 is 0 Å². The van der Waals surface area contributed by atoms with Gasteiger partial charge in [-0.15, -0.1) is 0 Å². The first kappa shape index (κ1) is 31.4. The highest BCUT2D eigenvalue weighted by atomic mass is 16.5. The standard InChI is InChI=1S/C28H56O4/c1-4-5-6-7-8-9-10-11-14-17-22-30-25-26-31-23-19-21-28(29)32-24-18-15-12-13-16-20-27(2)3/h27H,4-26H2,1-3H3. The summed E-state index contributed by atoms with van der Waals surface area (Å²) in [5, 5.41) is 0. The van der Waals surface area contributed by atoms with E-state index in [0.29, 0.717) is 32.8 Å². The normalized spacial score (nSPS) is 11.4. The molecule has 0 aromatic rings. The van der Waals surface area contributed by atoms with Crippen molar-refractivity contribution in [3.63, 3.8) is 0 Å². The molecular weight excluding hydrogens is 400 g/mol. The summed E-state index contributed by atoms with van der Waals surface area (Å²) in [5.74, 6) is 0.715. The molecule has 0 heterocycles. The van der Waals surface area contributed by atoms with Crippen LogP contribution in [0, 0.1) is 5.92 Å². The molecule has 0 rings (SSSR count). The molecule has 0 radical (unpaired) electrons. The van der Waals surface area contributed by atoms with Gasteiger partial charge >= 0.3 is 5.97 Å². The number of carbonyl (C=O) groups excluding carboxylic acids is 1. The average molecular weight is 457 g/mol. The number of esters is 1. The van der Waals surface area contributed by atoms with Gasteiger partial charge < -0.3 is 14.2 Å². The molecule has 0 aromatic heterocycles. The quantitative estimate of drug-likeness (QED) is 0.0970. The Kier molecular flexibility index (Phi) is 26.1. The van der Waals surface area contributed by atoms with Crippen molar-refractivity contribution >= 4 is 5.97 Å². The molecule has 4 nitrogen and oxygen atoms in total. The molecule has 0 aliphatic rings. The number of ether oxygens (including phenoxy) is 3. The molecule has 0 saturated heterocycles. The van der Waals surface area contributed by atoms with Gasteiger partial charge in [0.15, 0.2) is 0 Å². The number of hydrogen-bond donors (Lipinski definition) is 0. The minimum atomic E-state index is -0.0920. The van der Waals surface area contributed by atoms with Gasteiger partial charge in [-0.1, -0.05) is 111 Å². The van der Waals surface area contributed by atoms with Crippen LogP contribution < -0.4 is 0 Å². The zero-order valence-corrected chi connectivity index (χ0v) is 22.0. The molecule has 192 valence electrons. The van der Waals surface area contributed by atoms with E-state index in [4.69, 9.17) is 14.2 Å². The van der Waals surface area contributed by atoms with Crippen molar-refractivity contribution in [1.29, 1.82) is 0 Å². The van der Waals surface area contributed by atoms with Gasteiger partial charge in [-0.3, -0.25) is 4.79 Å². The minimum absolute atomic E-state index is 0.0920. The summed E-state index contributed by atoms with van der Waals surface area (Å²) in [6.45, 7) is 10.1. The van der Waals surface area contributed by atoms with Crippen molar-refractivity contribution in [3.05, 3.63) is 0 Å². The first-order valence-electron chi connectivity index (χ1n) is 14.0. The van der Waals surface area contributed by atoms with Crippen molar-refractivity contribution < 1.29 is 19.0 Å². The Morgan fingerprint density at radius 1 is 0.562 bits per heavy atom. The molecule has 0 bridgehead atoms. The Bertz CT molecular complexity index is 370. The van der Waals surface area contributed by atoms with Gasteiger partial charge in [0.1, 0.15) is 0 Å². The molecule has 0 spiro atoms. The average Bonchev–Trinajstić information content (AvgIpc) is 2.77. The summed E-state index contributed by atoms with van der Waals surface area (Å²) in [6, 6.07) is 0. The fourth-order valence-corrected chi connectivity index (χ4v) is 3.78. The third-order valence-electron chi connectivity index (χ3n) is 5.87. The van der Waals surface area contributed by atoms with Gasteiger partial charge in [0.05, 0.1) is 19.8 Å². The second kappa shape index (κ2) is 26.6. The van der Waals surface area contributed by atoms with Crippen LogP contribution in [0.25, 0.3) is 0 Å². The fourth-order valence-electron chi connectivity index (χ4n) is 3.78. The molecular formula is C28H56O4. The summed E-state index contributed by atoms with van der Waals surface area (Å²) >= 11 is 0. The van der Waals surface area contributed by atoms with Gasteiger partial charge in [0, 0.05) is 19.6 Å². The maximum Gasteiger partial charge on any atom is 0.305 e. The predicted molar refractivity (Wildman–Crippen MR) is 136 cm³/mol. The van der Waals surface area contributed by atoms with E-state index in [9.17, 15) is 4.79 Å².